The lowest BCUT2D eigenvalue weighted by Crippen LogP contribution is -2.53. The molecule has 0 radical (unpaired) electrons. The molecular formula is C16H24N2O3. The number of nitrogens with one attached hydrogen (secondary N) is 1. The molecule has 0 aliphatic heterocycles. The highest BCUT2D eigenvalue weighted by atomic mass is 16.5. The lowest BCUT2D eigenvalue weighted by atomic mass is 9.74. The first kappa shape index (κ1) is 17.2. The lowest BCUT2D eigenvalue weighted by Gasteiger charge is -2.37. The molecule has 3 N–H and O–H groups in total. The maximum absolute atomic E-state index is 12.5. The number of nitrogens with two attached hydrogens (primary N) is 1. The van der Waals surface area contributed by atoms with Crippen molar-refractivity contribution >= 4 is 17.6 Å². The maximum Gasteiger partial charge on any atom is 0.338 e. The number of carbonyl (C=O) groups is 2. The van der Waals surface area contributed by atoms with Gasteiger partial charge < -0.3 is 15.8 Å². The highest BCUT2D eigenvalue weighted by Gasteiger charge is 2.40. The minimum absolute atomic E-state index is 0.194. The van der Waals surface area contributed by atoms with Gasteiger partial charge in [-0.1, -0.05) is 6.07 Å². The fourth-order valence-corrected chi connectivity index (χ4v) is 1.67. The van der Waals surface area contributed by atoms with E-state index in [0.29, 0.717) is 16.8 Å². The van der Waals surface area contributed by atoms with Crippen LogP contribution in [0.3, 0.4) is 0 Å². The summed E-state index contributed by atoms with van der Waals surface area (Å²) in [5.74, 6) is -0.623. The Kier molecular flexibility index (Phi) is 4.79. The molecule has 0 aliphatic rings. The van der Waals surface area contributed by atoms with Crippen LogP contribution in [0.25, 0.3) is 0 Å². The molecule has 1 aromatic rings. The summed E-state index contributed by atoms with van der Waals surface area (Å²) >= 11 is 0. The number of hydrogen-bond donors (Lipinski definition) is 2. The minimum Gasteiger partial charge on any atom is -0.465 e. The molecule has 0 atom stereocenters. The first-order chi connectivity index (χ1) is 9.52. The van der Waals surface area contributed by atoms with Crippen LogP contribution in [0.2, 0.25) is 0 Å². The van der Waals surface area contributed by atoms with E-state index in [1.807, 2.05) is 13.8 Å². The van der Waals surface area contributed by atoms with E-state index in [1.165, 1.54) is 7.11 Å². The number of rotatable bonds is 4. The molecule has 5 heteroatoms. The van der Waals surface area contributed by atoms with Crippen molar-refractivity contribution in [1.29, 1.82) is 0 Å². The molecule has 0 aromatic heterocycles. The van der Waals surface area contributed by atoms with E-state index < -0.39 is 16.9 Å². The fourth-order valence-electron chi connectivity index (χ4n) is 1.67. The number of ether oxygens (including phenoxy) is 1. The van der Waals surface area contributed by atoms with Crippen LogP contribution in [0.1, 0.15) is 43.6 Å². The molecule has 116 valence electrons. The van der Waals surface area contributed by atoms with Gasteiger partial charge in [-0.3, -0.25) is 4.79 Å². The normalized spacial score (nSPS) is 12.0. The zero-order valence-electron chi connectivity index (χ0n) is 13.5. The Balaban J connectivity index is 3.10. The second kappa shape index (κ2) is 5.85. The average Bonchev–Trinajstić information content (AvgIpc) is 2.38. The molecule has 0 saturated carbocycles. The van der Waals surface area contributed by atoms with Crippen LogP contribution >= 0.6 is 0 Å². The Morgan fingerprint density at radius 1 is 1.19 bits per heavy atom. The molecular weight excluding hydrogens is 268 g/mol. The smallest absolute Gasteiger partial charge is 0.338 e. The summed E-state index contributed by atoms with van der Waals surface area (Å²) in [6.45, 7) is 8.97. The van der Waals surface area contributed by atoms with Gasteiger partial charge in [0, 0.05) is 11.2 Å². The van der Waals surface area contributed by atoms with Crippen molar-refractivity contribution in [2.24, 2.45) is 11.1 Å². The quantitative estimate of drug-likeness (QED) is 0.835. The van der Waals surface area contributed by atoms with Gasteiger partial charge in [0.1, 0.15) is 0 Å². The molecule has 21 heavy (non-hydrogen) atoms. The Morgan fingerprint density at radius 3 is 2.24 bits per heavy atom. The first-order valence-corrected chi connectivity index (χ1v) is 6.80. The molecule has 0 bridgehead atoms. The van der Waals surface area contributed by atoms with E-state index in [1.54, 1.807) is 39.0 Å². The van der Waals surface area contributed by atoms with E-state index in [2.05, 4.69) is 5.32 Å². The molecule has 1 aromatic carbocycles. The lowest BCUT2D eigenvalue weighted by molar-refractivity contribution is -0.126. The summed E-state index contributed by atoms with van der Waals surface area (Å²) in [6, 6.07) is 5.11. The standard InChI is InChI=1S/C16H24N2O3/c1-10-11(13(19)21-6)8-7-9-12(10)18-14(20)15(2,3)16(4,5)17/h7-9H,17H2,1-6H3,(H,18,20). The Morgan fingerprint density at radius 2 is 1.76 bits per heavy atom. The molecule has 0 fully saturated rings. The summed E-state index contributed by atoms with van der Waals surface area (Å²) in [4.78, 5) is 24.1. The van der Waals surface area contributed by atoms with Crippen LogP contribution in [0.4, 0.5) is 5.69 Å². The molecule has 5 nitrogen and oxygen atoms in total. The predicted molar refractivity (Wildman–Crippen MR) is 83.2 cm³/mol. The van der Waals surface area contributed by atoms with Gasteiger partial charge in [-0.15, -0.1) is 0 Å². The number of amides is 1. The maximum atomic E-state index is 12.5. The fraction of sp³-hybridized carbons (Fsp3) is 0.500. The summed E-state index contributed by atoms with van der Waals surface area (Å²) in [7, 11) is 1.33. The largest absolute Gasteiger partial charge is 0.465 e. The van der Waals surface area contributed by atoms with Gasteiger partial charge in [0.05, 0.1) is 18.1 Å². The van der Waals surface area contributed by atoms with Crippen LogP contribution in [0.15, 0.2) is 18.2 Å². The summed E-state index contributed by atoms with van der Waals surface area (Å²) in [5, 5.41) is 2.85. The van der Waals surface area contributed by atoms with E-state index in [-0.39, 0.29) is 5.91 Å². The van der Waals surface area contributed by atoms with Crippen molar-refractivity contribution in [1.82, 2.24) is 0 Å². The van der Waals surface area contributed by atoms with Gasteiger partial charge in [0.25, 0.3) is 0 Å². The van der Waals surface area contributed by atoms with Gasteiger partial charge in [0.2, 0.25) is 5.91 Å². The first-order valence-electron chi connectivity index (χ1n) is 6.80. The zero-order valence-corrected chi connectivity index (χ0v) is 13.5. The number of methoxy groups -OCH3 is 1. The van der Waals surface area contributed by atoms with E-state index in [9.17, 15) is 9.59 Å². The second-order valence-corrected chi connectivity index (χ2v) is 6.27. The highest BCUT2D eigenvalue weighted by Crippen LogP contribution is 2.30. The predicted octanol–water partition coefficient (Wildman–Crippen LogP) is 2.48. The van der Waals surface area contributed by atoms with Gasteiger partial charge in [-0.2, -0.15) is 0 Å². The summed E-state index contributed by atoms with van der Waals surface area (Å²) in [5.41, 5.74) is 6.32. The Labute approximate surface area is 125 Å². The third kappa shape index (κ3) is 3.42. The van der Waals surface area contributed by atoms with Gasteiger partial charge in [-0.25, -0.2) is 4.79 Å². The minimum atomic E-state index is -0.763. The number of esters is 1. The highest BCUT2D eigenvalue weighted by molar-refractivity contribution is 5.99. The molecule has 0 spiro atoms. The van der Waals surface area contributed by atoms with E-state index >= 15 is 0 Å². The number of anilines is 1. The van der Waals surface area contributed by atoms with Crippen molar-refractivity contribution in [2.75, 3.05) is 12.4 Å². The van der Waals surface area contributed by atoms with E-state index in [0.717, 1.165) is 0 Å². The third-order valence-corrected chi connectivity index (χ3v) is 4.17. The van der Waals surface area contributed by atoms with Crippen molar-refractivity contribution in [3.8, 4) is 0 Å². The molecule has 0 aliphatic carbocycles. The van der Waals surface area contributed by atoms with Crippen LogP contribution in [0.5, 0.6) is 0 Å². The van der Waals surface area contributed by atoms with Crippen molar-refractivity contribution < 1.29 is 14.3 Å². The SMILES string of the molecule is COC(=O)c1cccc(NC(=O)C(C)(C)C(C)(C)N)c1C. The third-order valence-electron chi connectivity index (χ3n) is 4.17. The molecule has 1 amide bonds. The Hall–Kier alpha value is -1.88. The van der Waals surface area contributed by atoms with Crippen LogP contribution in [-0.4, -0.2) is 24.5 Å². The zero-order chi connectivity index (χ0) is 16.4. The average molecular weight is 292 g/mol. The molecule has 1 rings (SSSR count). The molecule has 0 saturated heterocycles. The molecule has 0 unspecified atom stereocenters. The Bertz CT molecular complexity index is 557. The topological polar surface area (TPSA) is 81.4 Å². The molecule has 0 heterocycles. The van der Waals surface area contributed by atoms with E-state index in [4.69, 9.17) is 10.5 Å². The number of carbonyl (C=O) groups excluding carboxylic acids is 2. The van der Waals surface area contributed by atoms with Gasteiger partial charge in [0.15, 0.2) is 0 Å². The van der Waals surface area contributed by atoms with Crippen molar-refractivity contribution in [3.63, 3.8) is 0 Å². The van der Waals surface area contributed by atoms with Gasteiger partial charge >= 0.3 is 5.97 Å². The number of benzene rings is 1. The summed E-state index contributed by atoms with van der Waals surface area (Å²) < 4.78 is 4.73. The van der Waals surface area contributed by atoms with Gasteiger partial charge in [-0.05, 0) is 52.3 Å². The number of hydrogen-bond acceptors (Lipinski definition) is 4. The van der Waals surface area contributed by atoms with Crippen LogP contribution in [-0.2, 0) is 9.53 Å². The summed E-state index contributed by atoms with van der Waals surface area (Å²) in [6.07, 6.45) is 0. The van der Waals surface area contributed by atoms with Crippen LogP contribution < -0.4 is 11.1 Å². The second-order valence-electron chi connectivity index (χ2n) is 6.27. The van der Waals surface area contributed by atoms with Crippen molar-refractivity contribution in [2.45, 2.75) is 40.2 Å². The van der Waals surface area contributed by atoms with Crippen LogP contribution in [0, 0.1) is 12.3 Å². The van der Waals surface area contributed by atoms with Crippen molar-refractivity contribution in [3.05, 3.63) is 29.3 Å². The monoisotopic (exact) mass is 292 g/mol.